The quantitative estimate of drug-likeness (QED) is 0.565. The summed E-state index contributed by atoms with van der Waals surface area (Å²) in [5.41, 5.74) is 1.84. The Morgan fingerprint density at radius 1 is 1.18 bits per heavy atom. The second-order valence-corrected chi connectivity index (χ2v) is 9.55. The van der Waals surface area contributed by atoms with Crippen LogP contribution in [-0.4, -0.2) is 34.4 Å². The van der Waals surface area contributed by atoms with Crippen molar-refractivity contribution in [1.29, 1.82) is 0 Å². The highest BCUT2D eigenvalue weighted by Crippen LogP contribution is 2.49. The Kier molecular flexibility index (Phi) is 4.90. The third kappa shape index (κ3) is 3.23. The number of nitrogens with zero attached hydrogens (tertiary/aromatic N) is 3. The van der Waals surface area contributed by atoms with Gasteiger partial charge in [0.2, 0.25) is 0 Å². The standard InChI is InChI=1S/C25H23N3O4S/c1-2-31-14-10-11-16-19(13-14)33-25(27-16)28-21(17-8-5-6-12-26-17)20-22(29)15-7-3-4-9-18(15)32-23(20)24(28)30/h5-6,8,10-13,15,18,21H,2-4,7,9H2,1H3. The van der Waals surface area contributed by atoms with E-state index in [4.69, 9.17) is 14.5 Å². The smallest absolute Gasteiger partial charge is 0.296 e. The summed E-state index contributed by atoms with van der Waals surface area (Å²) in [7, 11) is 0. The molecule has 1 fully saturated rings. The molecular weight excluding hydrogens is 438 g/mol. The largest absolute Gasteiger partial charge is 0.494 e. The average molecular weight is 462 g/mol. The molecule has 6 rings (SSSR count). The first-order valence-electron chi connectivity index (χ1n) is 11.4. The average Bonchev–Trinajstić information content (AvgIpc) is 3.38. The Balaban J connectivity index is 1.47. The van der Waals surface area contributed by atoms with E-state index < -0.39 is 6.04 Å². The number of pyridine rings is 1. The van der Waals surface area contributed by atoms with E-state index >= 15 is 0 Å². The fourth-order valence-electron chi connectivity index (χ4n) is 5.11. The lowest BCUT2D eigenvalue weighted by atomic mass is 9.78. The number of hydrogen-bond acceptors (Lipinski definition) is 7. The third-order valence-corrected chi connectivity index (χ3v) is 7.61. The summed E-state index contributed by atoms with van der Waals surface area (Å²) in [5, 5.41) is 0.521. The summed E-state index contributed by atoms with van der Waals surface area (Å²) >= 11 is 1.40. The van der Waals surface area contributed by atoms with Gasteiger partial charge in [-0.05, 0) is 56.5 Å². The summed E-state index contributed by atoms with van der Waals surface area (Å²) in [5.74, 6) is 0.442. The highest BCUT2D eigenvalue weighted by molar-refractivity contribution is 7.22. The summed E-state index contributed by atoms with van der Waals surface area (Å²) in [6.07, 6.45) is 5.08. The first-order chi connectivity index (χ1) is 16.2. The number of anilines is 1. The van der Waals surface area contributed by atoms with Crippen molar-refractivity contribution in [2.45, 2.75) is 44.8 Å². The number of hydrogen-bond donors (Lipinski definition) is 0. The Hall–Kier alpha value is -3.26. The van der Waals surface area contributed by atoms with Gasteiger partial charge in [0.15, 0.2) is 16.7 Å². The van der Waals surface area contributed by atoms with Crippen LogP contribution in [0.2, 0.25) is 0 Å². The number of ether oxygens (including phenoxy) is 2. The van der Waals surface area contributed by atoms with Crippen molar-refractivity contribution in [2.24, 2.45) is 5.92 Å². The Labute approximate surface area is 195 Å². The molecule has 3 unspecified atom stereocenters. The van der Waals surface area contributed by atoms with Crippen LogP contribution in [0.25, 0.3) is 10.2 Å². The zero-order valence-corrected chi connectivity index (χ0v) is 19.0. The lowest BCUT2D eigenvalue weighted by Gasteiger charge is -2.35. The number of carbonyl (C=O) groups is 2. The lowest BCUT2D eigenvalue weighted by molar-refractivity contribution is -0.131. The van der Waals surface area contributed by atoms with Crippen LogP contribution in [0.15, 0.2) is 53.9 Å². The van der Waals surface area contributed by atoms with E-state index in [0.29, 0.717) is 23.0 Å². The molecule has 168 valence electrons. The van der Waals surface area contributed by atoms with E-state index in [1.807, 2.05) is 43.3 Å². The number of rotatable bonds is 4. The van der Waals surface area contributed by atoms with Crippen molar-refractivity contribution in [1.82, 2.24) is 9.97 Å². The molecule has 0 saturated heterocycles. The van der Waals surface area contributed by atoms with Crippen LogP contribution in [0.4, 0.5) is 5.13 Å². The number of fused-ring (bicyclic) bond motifs is 2. The molecule has 3 aliphatic rings. The van der Waals surface area contributed by atoms with Gasteiger partial charge in [-0.15, -0.1) is 0 Å². The van der Waals surface area contributed by atoms with Gasteiger partial charge in [-0.3, -0.25) is 19.5 Å². The fraction of sp³-hybridized carbons (Fsp3) is 0.360. The van der Waals surface area contributed by atoms with Crippen molar-refractivity contribution >= 4 is 38.4 Å². The molecular formula is C25H23N3O4S. The Morgan fingerprint density at radius 3 is 2.88 bits per heavy atom. The highest BCUT2D eigenvalue weighted by Gasteiger charge is 2.53. The van der Waals surface area contributed by atoms with Crippen LogP contribution in [0.1, 0.15) is 44.3 Å². The molecule has 0 spiro atoms. The van der Waals surface area contributed by atoms with Crippen LogP contribution in [0, 0.1) is 5.92 Å². The molecule has 7 nitrogen and oxygen atoms in total. The van der Waals surface area contributed by atoms with E-state index in [1.54, 1.807) is 11.1 Å². The molecule has 8 heteroatoms. The lowest BCUT2D eigenvalue weighted by Crippen LogP contribution is -2.39. The van der Waals surface area contributed by atoms with Crippen molar-refractivity contribution in [3.63, 3.8) is 0 Å². The predicted octanol–water partition coefficient (Wildman–Crippen LogP) is 4.59. The maximum absolute atomic E-state index is 13.7. The number of benzene rings is 1. The highest BCUT2D eigenvalue weighted by atomic mass is 32.1. The molecule has 33 heavy (non-hydrogen) atoms. The summed E-state index contributed by atoms with van der Waals surface area (Å²) < 4.78 is 12.8. The van der Waals surface area contributed by atoms with Crippen LogP contribution in [-0.2, 0) is 14.3 Å². The van der Waals surface area contributed by atoms with Gasteiger partial charge >= 0.3 is 0 Å². The first-order valence-corrected chi connectivity index (χ1v) is 12.2. The summed E-state index contributed by atoms with van der Waals surface area (Å²) in [4.78, 5) is 38.2. The normalized spacial score (nSPS) is 24.6. The van der Waals surface area contributed by atoms with Crippen LogP contribution in [0.5, 0.6) is 5.75 Å². The van der Waals surface area contributed by atoms with Crippen molar-refractivity contribution in [3.8, 4) is 5.75 Å². The van der Waals surface area contributed by atoms with Crippen LogP contribution < -0.4 is 9.64 Å². The molecule has 1 aromatic carbocycles. The van der Waals surface area contributed by atoms with Gasteiger partial charge in [0.25, 0.3) is 5.91 Å². The molecule has 2 aliphatic heterocycles. The molecule has 3 aromatic rings. The van der Waals surface area contributed by atoms with E-state index in [1.165, 1.54) is 11.3 Å². The maximum Gasteiger partial charge on any atom is 0.296 e. The minimum atomic E-state index is -0.643. The molecule has 1 aliphatic carbocycles. The number of thiazole rings is 1. The third-order valence-electron chi connectivity index (χ3n) is 6.60. The fourth-order valence-corrected chi connectivity index (χ4v) is 6.13. The summed E-state index contributed by atoms with van der Waals surface area (Å²) in [6.45, 7) is 2.51. The molecule has 3 atom stereocenters. The molecule has 1 saturated carbocycles. The van der Waals surface area contributed by atoms with E-state index in [0.717, 1.165) is 41.6 Å². The molecule has 0 N–H and O–H groups in total. The van der Waals surface area contributed by atoms with Gasteiger partial charge in [-0.1, -0.05) is 23.8 Å². The van der Waals surface area contributed by atoms with Gasteiger partial charge in [0.1, 0.15) is 17.9 Å². The zero-order chi connectivity index (χ0) is 22.5. The van der Waals surface area contributed by atoms with Gasteiger partial charge in [0, 0.05) is 6.20 Å². The zero-order valence-electron chi connectivity index (χ0n) is 18.2. The maximum atomic E-state index is 13.7. The number of Topliss-reactive ketones (excluding diaryl/α,β-unsaturated/α-hetero) is 1. The number of ketones is 1. The van der Waals surface area contributed by atoms with Crippen molar-refractivity contribution < 1.29 is 19.1 Å². The summed E-state index contributed by atoms with van der Waals surface area (Å²) in [6, 6.07) is 10.6. The second kappa shape index (κ2) is 7.95. The van der Waals surface area contributed by atoms with E-state index in [9.17, 15) is 9.59 Å². The molecule has 2 aromatic heterocycles. The van der Waals surface area contributed by atoms with Crippen LogP contribution >= 0.6 is 11.3 Å². The molecule has 1 amide bonds. The van der Waals surface area contributed by atoms with Crippen molar-refractivity contribution in [2.75, 3.05) is 11.5 Å². The van der Waals surface area contributed by atoms with Gasteiger partial charge in [0.05, 0.1) is 34.0 Å². The molecule has 4 heterocycles. The minimum Gasteiger partial charge on any atom is -0.494 e. The molecule has 0 radical (unpaired) electrons. The number of aromatic nitrogens is 2. The van der Waals surface area contributed by atoms with Crippen LogP contribution in [0.3, 0.4) is 0 Å². The topological polar surface area (TPSA) is 81.6 Å². The van der Waals surface area contributed by atoms with E-state index in [-0.39, 0.29) is 29.5 Å². The number of amides is 1. The molecule has 0 bridgehead atoms. The number of carbonyl (C=O) groups excluding carboxylic acids is 2. The Morgan fingerprint density at radius 2 is 2.06 bits per heavy atom. The SMILES string of the molecule is CCOc1ccc2nc(N3C(=O)C4=C(C(=O)C5CCCCC5O4)C3c3ccccn3)sc2c1. The van der Waals surface area contributed by atoms with Gasteiger partial charge < -0.3 is 9.47 Å². The monoisotopic (exact) mass is 461 g/mol. The minimum absolute atomic E-state index is 0.0206. The van der Waals surface area contributed by atoms with Crippen molar-refractivity contribution in [3.05, 3.63) is 59.6 Å². The predicted molar refractivity (Wildman–Crippen MR) is 124 cm³/mol. The van der Waals surface area contributed by atoms with E-state index in [2.05, 4.69) is 4.98 Å². The van der Waals surface area contributed by atoms with Gasteiger partial charge in [-0.2, -0.15) is 0 Å². The Bertz CT molecular complexity index is 1290. The first kappa shape index (κ1) is 20.4. The van der Waals surface area contributed by atoms with Gasteiger partial charge in [-0.25, -0.2) is 4.98 Å². The second-order valence-electron chi connectivity index (χ2n) is 8.55.